The van der Waals surface area contributed by atoms with Crippen LogP contribution in [0.25, 0.3) is 6.08 Å². The predicted octanol–water partition coefficient (Wildman–Crippen LogP) is 3.62. The van der Waals surface area contributed by atoms with Crippen LogP contribution in [0.3, 0.4) is 0 Å². The van der Waals surface area contributed by atoms with Gasteiger partial charge in [0, 0.05) is 11.9 Å². The van der Waals surface area contributed by atoms with Gasteiger partial charge in [-0.15, -0.1) is 0 Å². The Morgan fingerprint density at radius 2 is 1.84 bits per heavy atom. The minimum atomic E-state index is -0.348. The Bertz CT molecular complexity index is 582. The summed E-state index contributed by atoms with van der Waals surface area (Å²) in [5.74, 6) is -0.309. The van der Waals surface area contributed by atoms with E-state index in [-0.39, 0.29) is 11.8 Å². The summed E-state index contributed by atoms with van der Waals surface area (Å²) in [6.07, 6.45) is 3.08. The van der Waals surface area contributed by atoms with Crippen LogP contribution in [0, 0.1) is 5.82 Å². The Morgan fingerprint density at radius 3 is 2.58 bits per heavy atom. The van der Waals surface area contributed by atoms with Gasteiger partial charge in [0.25, 0.3) is 0 Å². The van der Waals surface area contributed by atoms with Crippen molar-refractivity contribution in [1.82, 2.24) is 5.32 Å². The first kappa shape index (κ1) is 12.8. The number of rotatable bonds is 3. The van der Waals surface area contributed by atoms with E-state index in [9.17, 15) is 9.18 Å². The lowest BCUT2D eigenvalue weighted by Crippen LogP contribution is -2.23. The van der Waals surface area contributed by atoms with Gasteiger partial charge in [-0.05, 0) is 35.9 Å². The molecule has 2 amide bonds. The highest BCUT2D eigenvalue weighted by molar-refractivity contribution is 5.90. The summed E-state index contributed by atoms with van der Waals surface area (Å²) in [6.45, 7) is 0. The predicted molar refractivity (Wildman–Crippen MR) is 74.0 cm³/mol. The van der Waals surface area contributed by atoms with Crippen molar-refractivity contribution in [1.29, 1.82) is 0 Å². The van der Waals surface area contributed by atoms with Crippen LogP contribution in [0.5, 0.6) is 0 Å². The zero-order valence-electron chi connectivity index (χ0n) is 10.1. The minimum Gasteiger partial charge on any atom is -0.314 e. The maximum atomic E-state index is 12.9. The number of hydrogen-bond acceptors (Lipinski definition) is 1. The molecule has 4 heteroatoms. The van der Waals surface area contributed by atoms with Crippen LogP contribution in [-0.2, 0) is 0 Å². The molecule has 19 heavy (non-hydrogen) atoms. The molecule has 2 aromatic carbocycles. The lowest BCUT2D eigenvalue weighted by Gasteiger charge is -2.03. The van der Waals surface area contributed by atoms with Crippen molar-refractivity contribution in [2.45, 2.75) is 0 Å². The molecular formula is C15H13FN2O. The third-order valence-corrected chi connectivity index (χ3v) is 2.37. The summed E-state index contributed by atoms with van der Waals surface area (Å²) in [6, 6.07) is 14.9. The van der Waals surface area contributed by atoms with E-state index < -0.39 is 0 Å². The molecule has 0 aliphatic carbocycles. The molecule has 0 saturated carbocycles. The number of nitrogens with one attached hydrogen (secondary N) is 2. The van der Waals surface area contributed by atoms with Gasteiger partial charge >= 0.3 is 6.03 Å². The molecule has 3 nitrogen and oxygen atoms in total. The van der Waals surface area contributed by atoms with Crippen molar-refractivity contribution in [2.75, 3.05) is 5.32 Å². The fraction of sp³-hybridized carbons (Fsp3) is 0. The standard InChI is InChI=1S/C15H13FN2O/c16-13-6-4-5-12(11-13)9-10-17-15(19)18-14-7-2-1-3-8-14/h1-11H,(H2,17,18,19)/b10-9+. The molecule has 2 N–H and O–H groups in total. The molecule has 0 spiro atoms. The van der Waals surface area contributed by atoms with Crippen LogP contribution in [0.4, 0.5) is 14.9 Å². The van der Waals surface area contributed by atoms with Crippen molar-refractivity contribution >= 4 is 17.8 Å². The molecule has 0 aliphatic heterocycles. The van der Waals surface area contributed by atoms with E-state index in [1.54, 1.807) is 30.3 Å². The molecule has 0 heterocycles. The smallest absolute Gasteiger partial charge is 0.314 e. The fourth-order valence-corrected chi connectivity index (χ4v) is 1.51. The largest absolute Gasteiger partial charge is 0.323 e. The van der Waals surface area contributed by atoms with Crippen LogP contribution in [0.2, 0.25) is 0 Å². The Balaban J connectivity index is 1.87. The van der Waals surface area contributed by atoms with Gasteiger partial charge in [0.2, 0.25) is 0 Å². The summed E-state index contributed by atoms with van der Waals surface area (Å²) in [5, 5.41) is 5.21. The molecule has 2 rings (SSSR count). The van der Waals surface area contributed by atoms with Gasteiger partial charge in [-0.2, -0.15) is 0 Å². The van der Waals surface area contributed by atoms with Crippen molar-refractivity contribution in [3.05, 3.63) is 72.2 Å². The second-order valence-corrected chi connectivity index (χ2v) is 3.85. The summed E-state index contributed by atoms with van der Waals surface area (Å²) < 4.78 is 12.9. The van der Waals surface area contributed by atoms with Crippen LogP contribution < -0.4 is 10.6 Å². The minimum absolute atomic E-state index is 0.309. The summed E-state index contributed by atoms with van der Waals surface area (Å²) in [5.41, 5.74) is 1.39. The average Bonchev–Trinajstić information content (AvgIpc) is 2.40. The SMILES string of the molecule is O=C(N/C=C/c1cccc(F)c1)Nc1ccccc1. The second-order valence-electron chi connectivity index (χ2n) is 3.85. The third-order valence-electron chi connectivity index (χ3n) is 2.37. The molecule has 0 saturated heterocycles. The van der Waals surface area contributed by atoms with Crippen LogP contribution >= 0.6 is 0 Å². The molecule has 0 fully saturated rings. The van der Waals surface area contributed by atoms with Crippen LogP contribution in [-0.4, -0.2) is 6.03 Å². The van der Waals surface area contributed by atoms with E-state index in [4.69, 9.17) is 0 Å². The van der Waals surface area contributed by atoms with Gasteiger partial charge in [-0.3, -0.25) is 0 Å². The van der Waals surface area contributed by atoms with Gasteiger partial charge in [0.15, 0.2) is 0 Å². The number of amides is 2. The monoisotopic (exact) mass is 256 g/mol. The molecule has 0 aliphatic rings. The second kappa shape index (κ2) is 6.35. The first-order valence-electron chi connectivity index (χ1n) is 5.79. The molecular weight excluding hydrogens is 243 g/mol. The fourth-order valence-electron chi connectivity index (χ4n) is 1.51. The quantitative estimate of drug-likeness (QED) is 0.865. The van der Waals surface area contributed by atoms with Gasteiger partial charge in [-0.1, -0.05) is 30.3 Å². The lowest BCUT2D eigenvalue weighted by molar-refractivity contribution is 0.255. The van der Waals surface area contributed by atoms with Crippen molar-refractivity contribution in [3.8, 4) is 0 Å². The first-order valence-corrected chi connectivity index (χ1v) is 5.79. The first-order chi connectivity index (χ1) is 9.24. The van der Waals surface area contributed by atoms with E-state index in [1.807, 2.05) is 18.2 Å². The number of benzene rings is 2. The molecule has 0 radical (unpaired) electrons. The van der Waals surface area contributed by atoms with Gasteiger partial charge in [-0.25, -0.2) is 9.18 Å². The van der Waals surface area contributed by atoms with Gasteiger partial charge < -0.3 is 10.6 Å². The van der Waals surface area contributed by atoms with Gasteiger partial charge in [0.1, 0.15) is 5.82 Å². The Kier molecular flexibility index (Phi) is 4.29. The number of anilines is 1. The van der Waals surface area contributed by atoms with Crippen molar-refractivity contribution in [3.63, 3.8) is 0 Å². The topological polar surface area (TPSA) is 41.1 Å². The molecule has 0 aromatic heterocycles. The van der Waals surface area contributed by atoms with E-state index >= 15 is 0 Å². The highest BCUT2D eigenvalue weighted by Crippen LogP contribution is 2.05. The summed E-state index contributed by atoms with van der Waals surface area (Å²) >= 11 is 0. The van der Waals surface area contributed by atoms with Crippen LogP contribution in [0.15, 0.2) is 60.8 Å². The summed E-state index contributed by atoms with van der Waals surface area (Å²) in [7, 11) is 0. The van der Waals surface area contributed by atoms with Crippen LogP contribution in [0.1, 0.15) is 5.56 Å². The zero-order chi connectivity index (χ0) is 13.5. The molecule has 0 atom stereocenters. The normalized spacial score (nSPS) is 10.4. The van der Waals surface area contributed by atoms with E-state index in [2.05, 4.69) is 10.6 Å². The Morgan fingerprint density at radius 1 is 1.05 bits per heavy atom. The summed E-state index contributed by atoms with van der Waals surface area (Å²) in [4.78, 5) is 11.5. The lowest BCUT2D eigenvalue weighted by atomic mass is 10.2. The number of halogens is 1. The average molecular weight is 256 g/mol. The number of para-hydroxylation sites is 1. The highest BCUT2D eigenvalue weighted by atomic mass is 19.1. The van der Waals surface area contributed by atoms with E-state index in [1.165, 1.54) is 18.3 Å². The Hall–Kier alpha value is -2.62. The van der Waals surface area contributed by atoms with E-state index in [0.29, 0.717) is 11.3 Å². The zero-order valence-corrected chi connectivity index (χ0v) is 10.1. The maximum Gasteiger partial charge on any atom is 0.323 e. The van der Waals surface area contributed by atoms with Gasteiger partial charge in [0.05, 0.1) is 0 Å². The number of urea groups is 1. The molecule has 0 unspecified atom stereocenters. The molecule has 96 valence electrons. The van der Waals surface area contributed by atoms with E-state index in [0.717, 1.165) is 0 Å². The number of carbonyl (C=O) groups is 1. The molecule has 2 aromatic rings. The van der Waals surface area contributed by atoms with Crippen molar-refractivity contribution < 1.29 is 9.18 Å². The molecule has 0 bridgehead atoms. The third kappa shape index (κ3) is 4.27. The van der Waals surface area contributed by atoms with Crippen molar-refractivity contribution in [2.24, 2.45) is 0 Å². The number of carbonyl (C=O) groups excluding carboxylic acids is 1. The maximum absolute atomic E-state index is 12.9. The number of hydrogen-bond donors (Lipinski definition) is 2. The Labute approximate surface area is 110 Å². The highest BCUT2D eigenvalue weighted by Gasteiger charge is 1.97.